The van der Waals surface area contributed by atoms with E-state index in [1.807, 2.05) is 0 Å². The Morgan fingerprint density at radius 2 is 1.09 bits per heavy atom. The fourth-order valence-corrected chi connectivity index (χ4v) is 5.38. The lowest BCUT2D eigenvalue weighted by atomic mass is 10.1. The van der Waals surface area contributed by atoms with Crippen molar-refractivity contribution in [3.8, 4) is 34.5 Å². The first-order valence-corrected chi connectivity index (χ1v) is 16.1. The van der Waals surface area contributed by atoms with Gasteiger partial charge in [-0.3, -0.25) is 39.8 Å². The minimum absolute atomic E-state index is 0.0415. The third-order valence-corrected chi connectivity index (χ3v) is 7.71. The third-order valence-electron chi connectivity index (χ3n) is 7.71. The molecule has 0 radical (unpaired) electrons. The third kappa shape index (κ3) is 8.92. The van der Waals surface area contributed by atoms with E-state index in [-0.39, 0.29) is 53.2 Å². The molecule has 0 amide bonds. The molecule has 0 bridgehead atoms. The largest absolute Gasteiger partial charge is 0.493 e. The van der Waals surface area contributed by atoms with Crippen LogP contribution in [0.3, 0.4) is 0 Å². The second kappa shape index (κ2) is 17.2. The van der Waals surface area contributed by atoms with Crippen molar-refractivity contribution >= 4 is 45.1 Å². The second-order valence-corrected chi connectivity index (χ2v) is 11.2. The number of benzene rings is 4. The average Bonchev–Trinajstić information content (AvgIpc) is 3.15. The zero-order valence-electron chi connectivity index (χ0n) is 29.1. The molecule has 0 aliphatic heterocycles. The summed E-state index contributed by atoms with van der Waals surface area (Å²) in [7, 11) is 2.86. The number of nitro groups is 2. The highest BCUT2D eigenvalue weighted by atomic mass is 16.6. The van der Waals surface area contributed by atoms with E-state index in [1.54, 1.807) is 80.0 Å². The number of carbonyl (C=O) groups is 2. The van der Waals surface area contributed by atoms with Crippen molar-refractivity contribution in [2.24, 2.45) is 0 Å². The summed E-state index contributed by atoms with van der Waals surface area (Å²) in [4.78, 5) is 52.9. The van der Waals surface area contributed by atoms with Crippen LogP contribution in [0.4, 0.5) is 11.4 Å². The molecular formula is C38H32N4O12. The molecule has 16 heteroatoms. The van der Waals surface area contributed by atoms with Crippen LogP contribution in [-0.4, -0.2) is 57.7 Å². The van der Waals surface area contributed by atoms with Gasteiger partial charge in [0.25, 0.3) is 0 Å². The van der Waals surface area contributed by atoms with Crippen LogP contribution in [0.1, 0.15) is 18.1 Å². The number of pyridine rings is 2. The Hall–Kier alpha value is -7.36. The Morgan fingerprint density at radius 3 is 1.50 bits per heavy atom. The van der Waals surface area contributed by atoms with Gasteiger partial charge in [0.15, 0.2) is 23.0 Å². The van der Waals surface area contributed by atoms with Gasteiger partial charge in [-0.25, -0.2) is 0 Å². The first-order chi connectivity index (χ1) is 26.0. The highest BCUT2D eigenvalue weighted by molar-refractivity contribution is 5.92. The highest BCUT2D eigenvalue weighted by Gasteiger charge is 2.24. The molecule has 0 spiro atoms. The Kier molecular flexibility index (Phi) is 12.1. The minimum Gasteiger partial charge on any atom is -0.493 e. The van der Waals surface area contributed by atoms with E-state index < -0.39 is 15.8 Å². The molecule has 0 saturated carbocycles. The van der Waals surface area contributed by atoms with Crippen molar-refractivity contribution in [1.29, 1.82) is 0 Å². The molecular weight excluding hydrogens is 704 g/mol. The van der Waals surface area contributed by atoms with Crippen molar-refractivity contribution < 1.29 is 48.2 Å². The smallest absolute Gasteiger partial charge is 0.320 e. The van der Waals surface area contributed by atoms with Crippen molar-refractivity contribution in [2.45, 2.75) is 19.8 Å². The normalized spacial score (nSPS) is 10.5. The fraction of sp³-hybridized carbons (Fsp3) is 0.158. The van der Waals surface area contributed by atoms with Gasteiger partial charge in [-0.05, 0) is 90.8 Å². The lowest BCUT2D eigenvalue weighted by Crippen LogP contribution is -2.07. The van der Waals surface area contributed by atoms with Crippen LogP contribution >= 0.6 is 0 Å². The van der Waals surface area contributed by atoms with Crippen molar-refractivity contribution in [3.05, 3.63) is 129 Å². The molecule has 2 heterocycles. The zero-order valence-corrected chi connectivity index (χ0v) is 29.1. The van der Waals surface area contributed by atoms with E-state index >= 15 is 0 Å². The molecule has 0 aliphatic rings. The number of hydrogen-bond acceptors (Lipinski definition) is 13. The number of nitrogens with zero attached hydrogens (tertiary/aromatic N) is 4. The second-order valence-electron chi connectivity index (χ2n) is 11.2. The lowest BCUT2D eigenvalue weighted by Gasteiger charge is -2.12. The van der Waals surface area contributed by atoms with Gasteiger partial charge in [0, 0.05) is 12.4 Å². The molecule has 0 saturated heterocycles. The van der Waals surface area contributed by atoms with E-state index in [1.165, 1.54) is 38.5 Å². The van der Waals surface area contributed by atoms with Gasteiger partial charge >= 0.3 is 23.3 Å². The fourth-order valence-electron chi connectivity index (χ4n) is 5.38. The van der Waals surface area contributed by atoms with E-state index in [2.05, 4.69) is 9.97 Å². The first-order valence-electron chi connectivity index (χ1n) is 16.1. The lowest BCUT2D eigenvalue weighted by molar-refractivity contribution is -0.383. The minimum atomic E-state index is -0.974. The van der Waals surface area contributed by atoms with Crippen molar-refractivity contribution in [2.75, 3.05) is 20.8 Å². The SMILES string of the molecule is CCOC(=O)Cc1ccc(Oc2ccc3ncccc3c2[N+](=O)[O-])c(OC)c1.COc1cc(CC(=O)O)ccc1Oc1ccc2ncccc2c1[N+](=O)[O-]. The molecule has 1 N–H and O–H groups in total. The number of hydrogen-bond donors (Lipinski definition) is 1. The van der Waals surface area contributed by atoms with Crippen molar-refractivity contribution in [1.82, 2.24) is 9.97 Å². The van der Waals surface area contributed by atoms with Gasteiger partial charge in [-0.2, -0.15) is 0 Å². The van der Waals surface area contributed by atoms with Gasteiger partial charge in [0.1, 0.15) is 0 Å². The quantitative estimate of drug-likeness (QED) is 0.0686. The van der Waals surface area contributed by atoms with Gasteiger partial charge in [-0.1, -0.05) is 12.1 Å². The Morgan fingerprint density at radius 1 is 0.648 bits per heavy atom. The summed E-state index contributed by atoms with van der Waals surface area (Å²) in [6.07, 6.45) is 3.04. The predicted octanol–water partition coefficient (Wildman–Crippen LogP) is 7.62. The molecule has 6 rings (SSSR count). The van der Waals surface area contributed by atoms with Crippen LogP contribution < -0.4 is 18.9 Å². The summed E-state index contributed by atoms with van der Waals surface area (Å²) in [5, 5.41) is 32.8. The van der Waals surface area contributed by atoms with E-state index in [0.29, 0.717) is 51.0 Å². The number of methoxy groups -OCH3 is 2. The molecule has 276 valence electrons. The number of carboxylic acids is 1. The Labute approximate surface area is 306 Å². The van der Waals surface area contributed by atoms with Gasteiger partial charge < -0.3 is 28.8 Å². The maximum Gasteiger partial charge on any atom is 0.320 e. The molecule has 2 aromatic heterocycles. The van der Waals surface area contributed by atoms with Crippen LogP contribution in [0.25, 0.3) is 21.8 Å². The standard InChI is InChI=1S/C20H18N2O6.C18H14N2O6/c1-3-27-19(23)12-13-6-8-16(18(11-13)26-2)28-17-9-7-15-14(5-4-10-21-15)20(17)22(24)25;1-25-16-9-11(10-17(21)22)4-6-14(16)26-15-7-5-13-12(3-2-8-19-13)18(15)20(23)24/h4-11H,3,12H2,1-2H3;2-9H,10H2,1H3,(H,21,22). The Bertz CT molecular complexity index is 2370. The average molecular weight is 737 g/mol. The summed E-state index contributed by atoms with van der Waals surface area (Å²) in [5.74, 6) is -0.0443. The number of aromatic nitrogens is 2. The van der Waals surface area contributed by atoms with E-state index in [0.717, 1.165) is 0 Å². The molecule has 0 fully saturated rings. The first kappa shape index (κ1) is 37.9. The van der Waals surface area contributed by atoms with E-state index in [9.17, 15) is 29.8 Å². The number of carbonyl (C=O) groups excluding carboxylic acids is 1. The Balaban J connectivity index is 0.000000208. The van der Waals surface area contributed by atoms with Gasteiger partial charge in [0.05, 0.1) is 65.3 Å². The monoisotopic (exact) mass is 736 g/mol. The van der Waals surface area contributed by atoms with Crippen LogP contribution in [0.5, 0.6) is 34.5 Å². The summed E-state index contributed by atoms with van der Waals surface area (Å²) in [6, 6.07) is 22.2. The zero-order chi connectivity index (χ0) is 38.8. The number of fused-ring (bicyclic) bond motifs is 2. The predicted molar refractivity (Wildman–Crippen MR) is 195 cm³/mol. The van der Waals surface area contributed by atoms with Crippen LogP contribution in [0, 0.1) is 20.2 Å². The molecule has 4 aromatic carbocycles. The number of carboxylic acid groups (broad SMARTS) is 1. The maximum absolute atomic E-state index is 11.7. The highest BCUT2D eigenvalue weighted by Crippen LogP contribution is 2.41. The number of rotatable bonds is 13. The van der Waals surface area contributed by atoms with Crippen LogP contribution in [0.15, 0.2) is 97.3 Å². The number of aliphatic carboxylic acids is 1. The number of ether oxygens (including phenoxy) is 5. The molecule has 54 heavy (non-hydrogen) atoms. The maximum atomic E-state index is 11.7. The number of esters is 1. The molecule has 0 aliphatic carbocycles. The summed E-state index contributed by atoms with van der Waals surface area (Å²) >= 11 is 0. The summed E-state index contributed by atoms with van der Waals surface area (Å²) in [6.45, 7) is 2.04. The van der Waals surface area contributed by atoms with Gasteiger partial charge in [-0.15, -0.1) is 0 Å². The molecule has 6 aromatic rings. The van der Waals surface area contributed by atoms with Crippen LogP contribution in [0.2, 0.25) is 0 Å². The molecule has 16 nitrogen and oxygen atoms in total. The molecule has 0 atom stereocenters. The van der Waals surface area contributed by atoms with Crippen molar-refractivity contribution in [3.63, 3.8) is 0 Å². The van der Waals surface area contributed by atoms with Crippen LogP contribution in [-0.2, 0) is 27.2 Å². The molecule has 0 unspecified atom stereocenters. The topological polar surface area (TPSA) is 213 Å². The van der Waals surface area contributed by atoms with E-state index in [4.69, 9.17) is 28.8 Å². The summed E-state index contributed by atoms with van der Waals surface area (Å²) < 4.78 is 27.0. The number of nitro benzene ring substituents is 2. The summed E-state index contributed by atoms with van der Waals surface area (Å²) in [5.41, 5.74) is 1.81. The van der Waals surface area contributed by atoms with Gasteiger partial charge in [0.2, 0.25) is 11.5 Å².